The Bertz CT molecular complexity index is 540. The Morgan fingerprint density at radius 3 is 2.57 bits per heavy atom. The highest BCUT2D eigenvalue weighted by Crippen LogP contribution is 2.47. The van der Waals surface area contributed by atoms with Gasteiger partial charge >= 0.3 is 0 Å². The van der Waals surface area contributed by atoms with Gasteiger partial charge in [0.25, 0.3) is 0 Å². The Labute approximate surface area is 131 Å². The number of amides is 1. The van der Waals surface area contributed by atoms with Crippen molar-refractivity contribution < 1.29 is 4.79 Å². The number of benzene rings is 1. The largest absolute Gasteiger partial charge is 0.389 e. The lowest BCUT2D eigenvalue weighted by Crippen LogP contribution is -2.32. The Hall–Kier alpha value is -1.42. The summed E-state index contributed by atoms with van der Waals surface area (Å²) in [6, 6.07) is 7.60. The van der Waals surface area contributed by atoms with E-state index in [1.54, 1.807) is 0 Å². The molecule has 1 aromatic rings. The fourth-order valence-electron chi connectivity index (χ4n) is 3.91. The fourth-order valence-corrected chi connectivity index (χ4v) is 4.04. The molecule has 0 heterocycles. The molecule has 1 aromatic carbocycles. The van der Waals surface area contributed by atoms with E-state index in [2.05, 4.69) is 5.32 Å². The SMILES string of the molecule is NC(=S)c1ccc(CC(=O)NCC2CC3CCC2C3)cc1. The maximum Gasteiger partial charge on any atom is 0.224 e. The molecule has 112 valence electrons. The first-order valence-corrected chi connectivity index (χ1v) is 8.18. The number of carbonyl (C=O) groups excluding carboxylic acids is 1. The number of fused-ring (bicyclic) bond motifs is 2. The molecular weight excluding hydrogens is 280 g/mol. The quantitative estimate of drug-likeness (QED) is 0.821. The predicted octanol–water partition coefficient (Wildman–Crippen LogP) is 2.42. The van der Waals surface area contributed by atoms with Gasteiger partial charge in [-0.2, -0.15) is 0 Å². The molecule has 3 nitrogen and oxygen atoms in total. The number of thiocarbonyl (C=S) groups is 1. The second-order valence-electron chi connectivity index (χ2n) is 6.48. The van der Waals surface area contributed by atoms with Crippen molar-refractivity contribution in [3.05, 3.63) is 35.4 Å². The third kappa shape index (κ3) is 3.43. The van der Waals surface area contributed by atoms with Gasteiger partial charge in [0.1, 0.15) is 4.99 Å². The predicted molar refractivity (Wildman–Crippen MR) is 88.0 cm³/mol. The first-order valence-electron chi connectivity index (χ1n) is 7.77. The molecule has 0 saturated heterocycles. The monoisotopic (exact) mass is 302 g/mol. The Balaban J connectivity index is 1.46. The molecule has 3 N–H and O–H groups in total. The van der Waals surface area contributed by atoms with Crippen LogP contribution in [0.4, 0.5) is 0 Å². The van der Waals surface area contributed by atoms with Gasteiger partial charge in [-0.25, -0.2) is 0 Å². The van der Waals surface area contributed by atoms with E-state index in [0.29, 0.717) is 17.3 Å². The van der Waals surface area contributed by atoms with Crippen molar-refractivity contribution in [3.8, 4) is 0 Å². The number of hydrogen-bond acceptors (Lipinski definition) is 2. The van der Waals surface area contributed by atoms with Crippen molar-refractivity contribution >= 4 is 23.1 Å². The van der Waals surface area contributed by atoms with Gasteiger partial charge in [0, 0.05) is 12.1 Å². The van der Waals surface area contributed by atoms with Gasteiger partial charge < -0.3 is 11.1 Å². The second-order valence-corrected chi connectivity index (χ2v) is 6.92. The van der Waals surface area contributed by atoms with Gasteiger partial charge in [-0.3, -0.25) is 4.79 Å². The first kappa shape index (κ1) is 14.5. The van der Waals surface area contributed by atoms with E-state index in [1.165, 1.54) is 25.7 Å². The summed E-state index contributed by atoms with van der Waals surface area (Å²) in [5.41, 5.74) is 7.41. The topological polar surface area (TPSA) is 55.1 Å². The third-order valence-corrected chi connectivity index (χ3v) is 5.28. The van der Waals surface area contributed by atoms with Gasteiger partial charge in [-0.15, -0.1) is 0 Å². The van der Waals surface area contributed by atoms with Gasteiger partial charge in [0.2, 0.25) is 5.91 Å². The number of rotatable bonds is 5. The van der Waals surface area contributed by atoms with Crippen molar-refractivity contribution in [1.29, 1.82) is 0 Å². The summed E-state index contributed by atoms with van der Waals surface area (Å²) >= 11 is 4.92. The van der Waals surface area contributed by atoms with Crippen LogP contribution in [0.25, 0.3) is 0 Å². The molecule has 1 amide bonds. The average molecular weight is 302 g/mol. The molecule has 0 spiro atoms. The van der Waals surface area contributed by atoms with Crippen LogP contribution in [0.5, 0.6) is 0 Å². The van der Waals surface area contributed by atoms with Crippen LogP contribution in [0.15, 0.2) is 24.3 Å². The van der Waals surface area contributed by atoms with Crippen LogP contribution >= 0.6 is 12.2 Å². The molecule has 4 heteroatoms. The first-order chi connectivity index (χ1) is 10.1. The Kier molecular flexibility index (Phi) is 4.24. The van der Waals surface area contributed by atoms with Crippen LogP contribution in [0, 0.1) is 17.8 Å². The number of hydrogen-bond donors (Lipinski definition) is 2. The molecule has 2 saturated carbocycles. The summed E-state index contributed by atoms with van der Waals surface area (Å²) in [5, 5.41) is 3.11. The van der Waals surface area contributed by atoms with Crippen LogP contribution in [-0.4, -0.2) is 17.4 Å². The third-order valence-electron chi connectivity index (χ3n) is 5.05. The van der Waals surface area contributed by atoms with Crippen LogP contribution in [0.3, 0.4) is 0 Å². The van der Waals surface area contributed by atoms with E-state index in [0.717, 1.165) is 29.5 Å². The van der Waals surface area contributed by atoms with Gasteiger partial charge in [-0.05, 0) is 42.6 Å². The molecule has 3 rings (SSSR count). The van der Waals surface area contributed by atoms with E-state index < -0.39 is 0 Å². The normalized spacial score (nSPS) is 26.8. The Morgan fingerprint density at radius 2 is 2.00 bits per heavy atom. The lowest BCUT2D eigenvalue weighted by molar-refractivity contribution is -0.120. The zero-order chi connectivity index (χ0) is 14.8. The van der Waals surface area contributed by atoms with Gasteiger partial charge in [-0.1, -0.05) is 42.9 Å². The number of carbonyl (C=O) groups is 1. The molecule has 0 radical (unpaired) electrons. The summed E-state index contributed by atoms with van der Waals surface area (Å²) in [5.74, 6) is 2.62. The second kappa shape index (κ2) is 6.14. The van der Waals surface area contributed by atoms with Crippen molar-refractivity contribution in [2.75, 3.05) is 6.54 Å². The minimum atomic E-state index is 0.112. The van der Waals surface area contributed by atoms with Crippen molar-refractivity contribution in [2.45, 2.75) is 32.1 Å². The van der Waals surface area contributed by atoms with Crippen LogP contribution in [0.1, 0.15) is 36.8 Å². The van der Waals surface area contributed by atoms with Crippen LogP contribution in [0.2, 0.25) is 0 Å². The van der Waals surface area contributed by atoms with Crippen LogP contribution in [-0.2, 0) is 11.2 Å². The average Bonchev–Trinajstić information content (AvgIpc) is 3.08. The van der Waals surface area contributed by atoms with E-state index in [9.17, 15) is 4.79 Å². The zero-order valence-corrected chi connectivity index (χ0v) is 13.0. The maximum atomic E-state index is 12.0. The molecule has 21 heavy (non-hydrogen) atoms. The van der Waals surface area contributed by atoms with Crippen molar-refractivity contribution in [2.24, 2.45) is 23.5 Å². The highest BCUT2D eigenvalue weighted by Gasteiger charge is 2.39. The van der Waals surface area contributed by atoms with Crippen LogP contribution < -0.4 is 11.1 Å². The smallest absolute Gasteiger partial charge is 0.224 e. The molecule has 3 atom stereocenters. The minimum Gasteiger partial charge on any atom is -0.389 e. The molecule has 0 aliphatic heterocycles. The van der Waals surface area contributed by atoms with E-state index in [4.69, 9.17) is 18.0 Å². The minimum absolute atomic E-state index is 0.112. The summed E-state index contributed by atoms with van der Waals surface area (Å²) in [4.78, 5) is 12.4. The summed E-state index contributed by atoms with van der Waals surface area (Å²) in [6.45, 7) is 0.852. The van der Waals surface area contributed by atoms with E-state index >= 15 is 0 Å². The van der Waals surface area contributed by atoms with Crippen molar-refractivity contribution in [3.63, 3.8) is 0 Å². The van der Waals surface area contributed by atoms with Crippen molar-refractivity contribution in [1.82, 2.24) is 5.32 Å². The van der Waals surface area contributed by atoms with E-state index in [1.807, 2.05) is 24.3 Å². The zero-order valence-electron chi connectivity index (χ0n) is 12.2. The lowest BCUT2D eigenvalue weighted by atomic mass is 9.89. The van der Waals surface area contributed by atoms with Gasteiger partial charge in [0.15, 0.2) is 0 Å². The molecule has 2 bridgehead atoms. The summed E-state index contributed by atoms with van der Waals surface area (Å²) < 4.78 is 0. The maximum absolute atomic E-state index is 12.0. The molecular formula is C17H22N2OS. The molecule has 2 fully saturated rings. The Morgan fingerprint density at radius 1 is 1.24 bits per heavy atom. The lowest BCUT2D eigenvalue weighted by Gasteiger charge is -2.21. The standard InChI is InChI=1S/C17H22N2OS/c18-17(21)13-4-1-11(2-5-13)9-16(20)19-10-15-8-12-3-6-14(15)7-12/h1-2,4-5,12,14-15H,3,6-10H2,(H2,18,21)(H,19,20). The summed E-state index contributed by atoms with van der Waals surface area (Å²) in [7, 11) is 0. The highest BCUT2D eigenvalue weighted by molar-refractivity contribution is 7.80. The van der Waals surface area contributed by atoms with Gasteiger partial charge in [0.05, 0.1) is 6.42 Å². The summed E-state index contributed by atoms with van der Waals surface area (Å²) in [6.07, 6.45) is 5.91. The molecule has 2 aliphatic carbocycles. The number of nitrogens with one attached hydrogen (secondary N) is 1. The molecule has 3 unspecified atom stereocenters. The van der Waals surface area contributed by atoms with E-state index in [-0.39, 0.29) is 5.91 Å². The fraction of sp³-hybridized carbons (Fsp3) is 0.529. The molecule has 2 aliphatic rings. The number of nitrogens with two attached hydrogens (primary N) is 1. The molecule has 0 aromatic heterocycles. The highest BCUT2D eigenvalue weighted by atomic mass is 32.1.